The van der Waals surface area contributed by atoms with E-state index in [2.05, 4.69) is 0 Å². The molecule has 0 atom stereocenters. The zero-order chi connectivity index (χ0) is 13.8. The van der Waals surface area contributed by atoms with Gasteiger partial charge in [0.25, 0.3) is 0 Å². The quantitative estimate of drug-likeness (QED) is 0.822. The van der Waals surface area contributed by atoms with Crippen molar-refractivity contribution in [3.8, 4) is 16.9 Å². The second-order valence-corrected chi connectivity index (χ2v) is 4.10. The second-order valence-electron chi connectivity index (χ2n) is 4.10. The number of rotatable bonds is 4. The van der Waals surface area contributed by atoms with Crippen LogP contribution in [0.2, 0.25) is 0 Å². The molecule has 0 aromatic heterocycles. The molecule has 19 heavy (non-hydrogen) atoms. The van der Waals surface area contributed by atoms with Crippen LogP contribution in [0.3, 0.4) is 0 Å². The molecule has 0 unspecified atom stereocenters. The minimum Gasteiger partial charge on any atom is -0.507 e. The average molecular weight is 256 g/mol. The molecule has 0 amide bonds. The zero-order valence-electron chi connectivity index (χ0n) is 10.0. The average Bonchev–Trinajstić information content (AvgIpc) is 2.47. The van der Waals surface area contributed by atoms with Crippen LogP contribution in [0.25, 0.3) is 11.1 Å². The second kappa shape index (κ2) is 5.46. The number of aliphatic hydroxyl groups is 1. The molecular formula is C15H12O4. The fraction of sp³-hybridized carbons (Fsp3) is 0.0667. The van der Waals surface area contributed by atoms with E-state index in [0.717, 1.165) is 0 Å². The summed E-state index contributed by atoms with van der Waals surface area (Å²) in [5.74, 6) is -0.171. The summed E-state index contributed by atoms with van der Waals surface area (Å²) in [4.78, 5) is 21.7. The molecule has 0 fully saturated rings. The summed E-state index contributed by atoms with van der Waals surface area (Å²) >= 11 is 0. The van der Waals surface area contributed by atoms with E-state index in [1.165, 1.54) is 12.1 Å². The summed E-state index contributed by atoms with van der Waals surface area (Å²) in [6.45, 7) is -0.123. The van der Waals surface area contributed by atoms with Gasteiger partial charge >= 0.3 is 0 Å². The Morgan fingerprint density at radius 2 is 1.84 bits per heavy atom. The highest BCUT2D eigenvalue weighted by molar-refractivity contribution is 5.91. The first-order valence-electron chi connectivity index (χ1n) is 5.67. The Balaban J connectivity index is 2.66. The third-order valence-electron chi connectivity index (χ3n) is 2.85. The topological polar surface area (TPSA) is 74.6 Å². The lowest BCUT2D eigenvalue weighted by Crippen LogP contribution is -1.92. The largest absolute Gasteiger partial charge is 0.507 e. The Hall–Kier alpha value is -2.46. The maximum Gasteiger partial charge on any atom is 0.153 e. The van der Waals surface area contributed by atoms with Crippen LogP contribution in [-0.2, 0) is 6.61 Å². The van der Waals surface area contributed by atoms with E-state index in [1.54, 1.807) is 24.3 Å². The standard InChI is InChI=1S/C15H12O4/c16-7-10-2-1-3-12(4-10)14-6-11(8-17)5-13(9-18)15(14)19/h1-6,8-9,16,19H,7H2. The van der Waals surface area contributed by atoms with Gasteiger partial charge in [0.1, 0.15) is 12.0 Å². The molecular weight excluding hydrogens is 244 g/mol. The van der Waals surface area contributed by atoms with Crippen LogP contribution >= 0.6 is 0 Å². The fourth-order valence-corrected chi connectivity index (χ4v) is 1.90. The predicted octanol–water partition coefficient (Wildman–Crippen LogP) is 2.18. The van der Waals surface area contributed by atoms with E-state index in [0.29, 0.717) is 34.8 Å². The first-order valence-corrected chi connectivity index (χ1v) is 5.67. The highest BCUT2D eigenvalue weighted by Gasteiger charge is 2.11. The van der Waals surface area contributed by atoms with Crippen molar-refractivity contribution in [2.75, 3.05) is 0 Å². The van der Waals surface area contributed by atoms with Crippen LogP contribution in [0.5, 0.6) is 5.75 Å². The highest BCUT2D eigenvalue weighted by atomic mass is 16.3. The third-order valence-corrected chi connectivity index (χ3v) is 2.85. The van der Waals surface area contributed by atoms with Crippen molar-refractivity contribution in [1.29, 1.82) is 0 Å². The Labute approximate surface area is 109 Å². The van der Waals surface area contributed by atoms with E-state index in [1.807, 2.05) is 0 Å². The molecule has 0 radical (unpaired) electrons. The molecule has 2 rings (SSSR count). The molecule has 0 bridgehead atoms. The maximum absolute atomic E-state index is 10.9. The van der Waals surface area contributed by atoms with Gasteiger partial charge in [-0.3, -0.25) is 9.59 Å². The van der Waals surface area contributed by atoms with Gasteiger partial charge in [-0.1, -0.05) is 18.2 Å². The van der Waals surface area contributed by atoms with E-state index in [9.17, 15) is 14.7 Å². The van der Waals surface area contributed by atoms with Crippen molar-refractivity contribution in [2.45, 2.75) is 6.61 Å². The van der Waals surface area contributed by atoms with Crippen LogP contribution in [-0.4, -0.2) is 22.8 Å². The first-order chi connectivity index (χ1) is 9.19. The third kappa shape index (κ3) is 2.53. The molecule has 2 aromatic carbocycles. The number of aldehydes is 2. The molecule has 2 aromatic rings. The lowest BCUT2D eigenvalue weighted by atomic mass is 9.97. The number of carbonyl (C=O) groups excluding carboxylic acids is 2. The van der Waals surface area contributed by atoms with Crippen LogP contribution in [0, 0.1) is 0 Å². The summed E-state index contributed by atoms with van der Waals surface area (Å²) < 4.78 is 0. The molecule has 0 saturated heterocycles. The molecule has 4 heteroatoms. The number of aromatic hydroxyl groups is 1. The van der Waals surface area contributed by atoms with Crippen molar-refractivity contribution in [1.82, 2.24) is 0 Å². The van der Waals surface area contributed by atoms with Gasteiger partial charge in [-0.05, 0) is 29.3 Å². The smallest absolute Gasteiger partial charge is 0.153 e. The molecule has 4 nitrogen and oxygen atoms in total. The summed E-state index contributed by atoms with van der Waals surface area (Å²) in [5.41, 5.74) is 2.08. The highest BCUT2D eigenvalue weighted by Crippen LogP contribution is 2.33. The number of benzene rings is 2. The van der Waals surface area contributed by atoms with Crippen molar-refractivity contribution in [3.63, 3.8) is 0 Å². The number of carbonyl (C=O) groups is 2. The van der Waals surface area contributed by atoms with Gasteiger partial charge in [0.15, 0.2) is 6.29 Å². The van der Waals surface area contributed by atoms with Crippen molar-refractivity contribution < 1.29 is 19.8 Å². The normalized spacial score (nSPS) is 10.2. The van der Waals surface area contributed by atoms with Gasteiger partial charge in [0.2, 0.25) is 0 Å². The van der Waals surface area contributed by atoms with Gasteiger partial charge in [-0.25, -0.2) is 0 Å². The molecule has 2 N–H and O–H groups in total. The summed E-state index contributed by atoms with van der Waals surface area (Å²) in [6, 6.07) is 9.73. The minimum absolute atomic E-state index is 0.0639. The van der Waals surface area contributed by atoms with E-state index >= 15 is 0 Å². The van der Waals surface area contributed by atoms with Crippen molar-refractivity contribution in [3.05, 3.63) is 53.1 Å². The Morgan fingerprint density at radius 3 is 2.47 bits per heavy atom. The first kappa shape index (κ1) is 13.0. The molecule has 0 aliphatic rings. The Morgan fingerprint density at radius 1 is 1.05 bits per heavy atom. The van der Waals surface area contributed by atoms with Gasteiger partial charge in [0, 0.05) is 11.1 Å². The van der Waals surface area contributed by atoms with Crippen molar-refractivity contribution in [2.24, 2.45) is 0 Å². The molecule has 0 saturated carbocycles. The Kier molecular flexibility index (Phi) is 3.73. The Bertz CT molecular complexity index is 632. The van der Waals surface area contributed by atoms with Gasteiger partial charge < -0.3 is 10.2 Å². The summed E-state index contributed by atoms with van der Waals surface area (Å²) in [5, 5.41) is 19.1. The van der Waals surface area contributed by atoms with Gasteiger partial charge in [0.05, 0.1) is 12.2 Å². The van der Waals surface area contributed by atoms with Crippen LogP contribution in [0.1, 0.15) is 26.3 Å². The van der Waals surface area contributed by atoms with Crippen molar-refractivity contribution >= 4 is 12.6 Å². The SMILES string of the molecule is O=Cc1cc(C=O)c(O)c(-c2cccc(CO)c2)c1. The molecule has 96 valence electrons. The van der Waals surface area contributed by atoms with E-state index in [-0.39, 0.29) is 17.9 Å². The number of phenolic OH excluding ortho intramolecular Hbond substituents is 1. The van der Waals surface area contributed by atoms with E-state index < -0.39 is 0 Å². The van der Waals surface area contributed by atoms with Crippen LogP contribution in [0.4, 0.5) is 0 Å². The lowest BCUT2D eigenvalue weighted by Gasteiger charge is -2.09. The van der Waals surface area contributed by atoms with E-state index in [4.69, 9.17) is 5.11 Å². The van der Waals surface area contributed by atoms with Gasteiger partial charge in [-0.15, -0.1) is 0 Å². The number of hydrogen-bond donors (Lipinski definition) is 2. The predicted molar refractivity (Wildman–Crippen MR) is 70.2 cm³/mol. The molecule has 0 heterocycles. The van der Waals surface area contributed by atoms with Crippen LogP contribution in [0.15, 0.2) is 36.4 Å². The lowest BCUT2D eigenvalue weighted by molar-refractivity contribution is 0.112. The number of aliphatic hydroxyl groups excluding tert-OH is 1. The molecule has 0 spiro atoms. The monoisotopic (exact) mass is 256 g/mol. The zero-order valence-corrected chi connectivity index (χ0v) is 10.0. The molecule has 0 aliphatic carbocycles. The molecule has 0 aliphatic heterocycles. The minimum atomic E-state index is -0.171. The fourth-order valence-electron chi connectivity index (χ4n) is 1.90. The van der Waals surface area contributed by atoms with Crippen LogP contribution < -0.4 is 0 Å². The maximum atomic E-state index is 10.9. The van der Waals surface area contributed by atoms with Gasteiger partial charge in [-0.2, -0.15) is 0 Å². The summed E-state index contributed by atoms with van der Waals surface area (Å²) in [7, 11) is 0. The number of hydrogen-bond acceptors (Lipinski definition) is 4. The summed E-state index contributed by atoms with van der Waals surface area (Å²) in [6.07, 6.45) is 1.12. The number of phenols is 1.